The molecule has 2 aromatic rings. The van der Waals surface area contributed by atoms with Gasteiger partial charge >= 0.3 is 0 Å². The molecular formula is C12H11ClFN5. The molecule has 0 bridgehead atoms. The van der Waals surface area contributed by atoms with Crippen molar-refractivity contribution in [2.45, 2.75) is 0 Å². The van der Waals surface area contributed by atoms with E-state index in [1.807, 2.05) is 0 Å². The van der Waals surface area contributed by atoms with Crippen LogP contribution in [0.4, 0.5) is 21.8 Å². The minimum Gasteiger partial charge on any atom is -0.349 e. The van der Waals surface area contributed by atoms with Gasteiger partial charge in [-0.1, -0.05) is 17.7 Å². The largest absolute Gasteiger partial charge is 0.349 e. The third-order valence-electron chi connectivity index (χ3n) is 2.16. The van der Waals surface area contributed by atoms with Gasteiger partial charge in [0, 0.05) is 12.2 Å². The lowest BCUT2D eigenvalue weighted by molar-refractivity contribution is 0.628. The van der Waals surface area contributed by atoms with Crippen LogP contribution in [0.3, 0.4) is 0 Å². The highest BCUT2D eigenvalue weighted by molar-refractivity contribution is 6.31. The van der Waals surface area contributed by atoms with Crippen molar-refractivity contribution in [2.24, 2.45) is 0 Å². The summed E-state index contributed by atoms with van der Waals surface area (Å²) in [4.78, 5) is 4.18. The molecule has 0 spiro atoms. The first-order chi connectivity index (χ1) is 9.19. The van der Waals surface area contributed by atoms with E-state index in [2.05, 4.69) is 32.4 Å². The number of hydrogen-bond acceptors (Lipinski definition) is 5. The van der Waals surface area contributed by atoms with Gasteiger partial charge < -0.3 is 10.6 Å². The van der Waals surface area contributed by atoms with Crippen LogP contribution in [0.5, 0.6) is 0 Å². The third kappa shape index (κ3) is 3.62. The molecule has 0 atom stereocenters. The van der Waals surface area contributed by atoms with E-state index in [-0.39, 0.29) is 5.02 Å². The number of aromatic nitrogens is 3. The van der Waals surface area contributed by atoms with Crippen molar-refractivity contribution in [1.29, 1.82) is 0 Å². The summed E-state index contributed by atoms with van der Waals surface area (Å²) in [5, 5.41) is 13.5. The Labute approximate surface area is 114 Å². The summed E-state index contributed by atoms with van der Waals surface area (Å²) < 4.78 is 13.0. The van der Waals surface area contributed by atoms with Crippen molar-refractivity contribution in [2.75, 3.05) is 17.2 Å². The second kappa shape index (κ2) is 6.10. The molecule has 0 aliphatic rings. The summed E-state index contributed by atoms with van der Waals surface area (Å²) in [6.07, 6.45) is 3.14. The molecule has 1 aromatic heterocycles. The molecule has 0 fully saturated rings. The number of halogens is 2. The van der Waals surface area contributed by atoms with E-state index in [0.29, 0.717) is 24.0 Å². The van der Waals surface area contributed by atoms with Crippen molar-refractivity contribution in [3.05, 3.63) is 47.9 Å². The van der Waals surface area contributed by atoms with Gasteiger partial charge in [-0.2, -0.15) is 10.1 Å². The van der Waals surface area contributed by atoms with E-state index < -0.39 is 5.82 Å². The molecule has 0 saturated heterocycles. The summed E-state index contributed by atoms with van der Waals surface area (Å²) in [7, 11) is 0. The molecule has 0 radical (unpaired) electrons. The summed E-state index contributed by atoms with van der Waals surface area (Å²) in [5.41, 5.74) is 0.613. The van der Waals surface area contributed by atoms with E-state index in [4.69, 9.17) is 11.6 Å². The standard InChI is InChI=1S/C12H11ClFN5/c1-2-5-15-12-18-11(7-16-19-12)17-8-3-4-10(14)9(13)6-8/h2-4,6-7H,1,5H2,(H2,15,17,18,19). The highest BCUT2D eigenvalue weighted by atomic mass is 35.5. The van der Waals surface area contributed by atoms with Crippen LogP contribution in [0.1, 0.15) is 0 Å². The Kier molecular flexibility index (Phi) is 4.25. The zero-order valence-corrected chi connectivity index (χ0v) is 10.7. The van der Waals surface area contributed by atoms with Gasteiger partial charge in [0.2, 0.25) is 5.95 Å². The van der Waals surface area contributed by atoms with Crippen LogP contribution in [0.15, 0.2) is 37.1 Å². The van der Waals surface area contributed by atoms with Crippen molar-refractivity contribution >= 4 is 29.1 Å². The van der Waals surface area contributed by atoms with E-state index >= 15 is 0 Å². The molecule has 98 valence electrons. The number of anilines is 3. The Morgan fingerprint density at radius 2 is 2.26 bits per heavy atom. The number of rotatable bonds is 5. The average molecular weight is 280 g/mol. The number of hydrogen-bond donors (Lipinski definition) is 2. The van der Waals surface area contributed by atoms with Gasteiger partial charge in [-0.05, 0) is 18.2 Å². The Bertz CT molecular complexity index is 590. The topological polar surface area (TPSA) is 62.7 Å². The lowest BCUT2D eigenvalue weighted by atomic mass is 10.3. The first-order valence-electron chi connectivity index (χ1n) is 5.45. The van der Waals surface area contributed by atoms with Gasteiger partial charge in [-0.15, -0.1) is 11.7 Å². The van der Waals surface area contributed by atoms with Crippen LogP contribution in [0, 0.1) is 5.82 Å². The Balaban J connectivity index is 2.13. The highest BCUT2D eigenvalue weighted by Gasteiger charge is 2.03. The number of nitrogens with zero attached hydrogens (tertiary/aromatic N) is 3. The molecular weight excluding hydrogens is 269 g/mol. The molecule has 0 saturated carbocycles. The maximum Gasteiger partial charge on any atom is 0.244 e. The molecule has 5 nitrogen and oxygen atoms in total. The second-order valence-corrected chi connectivity index (χ2v) is 4.00. The van der Waals surface area contributed by atoms with Crippen LogP contribution in [-0.4, -0.2) is 21.7 Å². The van der Waals surface area contributed by atoms with Crippen LogP contribution in [0.2, 0.25) is 5.02 Å². The van der Waals surface area contributed by atoms with Crippen molar-refractivity contribution < 1.29 is 4.39 Å². The predicted octanol–water partition coefficient (Wildman–Crippen LogP) is 3.01. The molecule has 7 heteroatoms. The molecule has 0 amide bonds. The molecule has 2 rings (SSSR count). The number of nitrogens with one attached hydrogen (secondary N) is 2. The van der Waals surface area contributed by atoms with E-state index in [1.165, 1.54) is 18.3 Å². The summed E-state index contributed by atoms with van der Waals surface area (Å²) >= 11 is 5.69. The van der Waals surface area contributed by atoms with Crippen molar-refractivity contribution in [3.63, 3.8) is 0 Å². The van der Waals surface area contributed by atoms with Crippen LogP contribution >= 0.6 is 11.6 Å². The fourth-order valence-electron chi connectivity index (χ4n) is 1.32. The fraction of sp³-hybridized carbons (Fsp3) is 0.0833. The molecule has 2 N–H and O–H groups in total. The first-order valence-corrected chi connectivity index (χ1v) is 5.83. The van der Waals surface area contributed by atoms with Crippen LogP contribution < -0.4 is 10.6 Å². The normalized spacial score (nSPS) is 10.0. The smallest absolute Gasteiger partial charge is 0.244 e. The van der Waals surface area contributed by atoms with Crippen LogP contribution in [-0.2, 0) is 0 Å². The molecule has 0 aliphatic heterocycles. The van der Waals surface area contributed by atoms with Gasteiger partial charge in [-0.25, -0.2) is 4.39 Å². The van der Waals surface area contributed by atoms with E-state index in [9.17, 15) is 4.39 Å². The van der Waals surface area contributed by atoms with E-state index in [0.717, 1.165) is 0 Å². The minimum absolute atomic E-state index is 0.0389. The fourth-order valence-corrected chi connectivity index (χ4v) is 1.50. The average Bonchev–Trinajstić information content (AvgIpc) is 2.41. The Hall–Kier alpha value is -2.21. The molecule has 19 heavy (non-hydrogen) atoms. The molecule has 0 unspecified atom stereocenters. The van der Waals surface area contributed by atoms with Gasteiger partial charge in [0.1, 0.15) is 5.82 Å². The van der Waals surface area contributed by atoms with Gasteiger partial charge in [-0.3, -0.25) is 0 Å². The van der Waals surface area contributed by atoms with Gasteiger partial charge in [0.25, 0.3) is 0 Å². The maximum absolute atomic E-state index is 13.0. The predicted molar refractivity (Wildman–Crippen MR) is 73.2 cm³/mol. The van der Waals surface area contributed by atoms with Crippen LogP contribution in [0.25, 0.3) is 0 Å². The zero-order chi connectivity index (χ0) is 13.7. The van der Waals surface area contributed by atoms with Gasteiger partial charge in [0.05, 0.1) is 11.2 Å². The Morgan fingerprint density at radius 1 is 1.42 bits per heavy atom. The maximum atomic E-state index is 13.0. The number of benzene rings is 1. The summed E-state index contributed by atoms with van der Waals surface area (Å²) in [6.45, 7) is 4.11. The van der Waals surface area contributed by atoms with E-state index in [1.54, 1.807) is 12.1 Å². The molecule has 1 heterocycles. The molecule has 1 aromatic carbocycles. The quantitative estimate of drug-likeness (QED) is 0.824. The van der Waals surface area contributed by atoms with Gasteiger partial charge in [0.15, 0.2) is 5.82 Å². The SMILES string of the molecule is C=CCNc1nncc(Nc2ccc(F)c(Cl)c2)n1. The second-order valence-electron chi connectivity index (χ2n) is 3.59. The minimum atomic E-state index is -0.471. The summed E-state index contributed by atoms with van der Waals surface area (Å²) in [6, 6.07) is 4.30. The lowest BCUT2D eigenvalue weighted by Crippen LogP contribution is -2.05. The van der Waals surface area contributed by atoms with Crippen molar-refractivity contribution in [3.8, 4) is 0 Å². The lowest BCUT2D eigenvalue weighted by Gasteiger charge is -2.07. The zero-order valence-electron chi connectivity index (χ0n) is 9.90. The monoisotopic (exact) mass is 279 g/mol. The third-order valence-corrected chi connectivity index (χ3v) is 2.44. The molecule has 0 aliphatic carbocycles. The summed E-state index contributed by atoms with van der Waals surface area (Å²) in [5.74, 6) is 0.378. The highest BCUT2D eigenvalue weighted by Crippen LogP contribution is 2.21. The first kappa shape index (κ1) is 13.2. The Morgan fingerprint density at radius 3 is 3.00 bits per heavy atom. The van der Waals surface area contributed by atoms with Crippen molar-refractivity contribution in [1.82, 2.24) is 15.2 Å².